The van der Waals surface area contributed by atoms with E-state index < -0.39 is 0 Å². The van der Waals surface area contributed by atoms with E-state index in [1.165, 1.54) is 4.88 Å². The maximum Gasteiger partial charge on any atom is 0.270 e. The fourth-order valence-corrected chi connectivity index (χ4v) is 6.71. The quantitative estimate of drug-likeness (QED) is 0.207. The standard InChI is InChI=1S/C29H34N4O4S/c1-29(2,3)20-8-10-23-25(16-20)38-28(26(23)27(34)30-18-22-7-6-14-37-22)31-17-19-15-21(33(35)36)9-11-24(19)32-12-4-5-13-32/h6-7,9,11,14-15,17,20H,4-5,8,10,12-13,16,18H2,1-3H3,(H,30,34)/t20-/m1/s1. The molecule has 0 saturated carbocycles. The number of amides is 1. The van der Waals surface area contributed by atoms with Gasteiger partial charge in [-0.3, -0.25) is 14.9 Å². The Morgan fingerprint density at radius 1 is 1.29 bits per heavy atom. The van der Waals surface area contributed by atoms with Crippen LogP contribution in [0.2, 0.25) is 0 Å². The van der Waals surface area contributed by atoms with Gasteiger partial charge in [0.1, 0.15) is 10.8 Å². The Balaban J connectivity index is 1.51. The predicted octanol–water partition coefficient (Wildman–Crippen LogP) is 6.68. The van der Waals surface area contributed by atoms with Crippen LogP contribution in [0.15, 0.2) is 46.0 Å². The number of hydrogen-bond donors (Lipinski definition) is 1. The van der Waals surface area contributed by atoms with Crippen molar-refractivity contribution in [2.24, 2.45) is 16.3 Å². The summed E-state index contributed by atoms with van der Waals surface area (Å²) in [6.45, 7) is 8.95. The van der Waals surface area contributed by atoms with Crippen molar-refractivity contribution >= 4 is 39.8 Å². The normalized spacial score (nSPS) is 17.7. The highest BCUT2D eigenvalue weighted by molar-refractivity contribution is 7.16. The lowest BCUT2D eigenvalue weighted by Crippen LogP contribution is -2.28. The number of nitrogens with one attached hydrogen (secondary N) is 1. The van der Waals surface area contributed by atoms with E-state index in [2.05, 4.69) is 31.0 Å². The number of nitrogens with zero attached hydrogens (tertiary/aromatic N) is 3. The summed E-state index contributed by atoms with van der Waals surface area (Å²) in [5, 5.41) is 15.2. The first kappa shape index (κ1) is 26.2. The zero-order valence-corrected chi connectivity index (χ0v) is 23.0. The number of thiophene rings is 1. The molecule has 1 aliphatic heterocycles. The van der Waals surface area contributed by atoms with Crippen molar-refractivity contribution < 1.29 is 14.1 Å². The molecule has 0 radical (unpaired) electrons. The van der Waals surface area contributed by atoms with E-state index in [-0.39, 0.29) is 21.9 Å². The Bertz CT molecular complexity index is 1350. The van der Waals surface area contributed by atoms with Crippen molar-refractivity contribution in [2.45, 2.75) is 59.4 Å². The number of carbonyl (C=O) groups is 1. The third-order valence-electron chi connectivity index (χ3n) is 7.69. The van der Waals surface area contributed by atoms with Gasteiger partial charge in [-0.15, -0.1) is 11.3 Å². The van der Waals surface area contributed by atoms with Crippen molar-refractivity contribution in [1.82, 2.24) is 5.32 Å². The highest BCUT2D eigenvalue weighted by Crippen LogP contribution is 2.45. The summed E-state index contributed by atoms with van der Waals surface area (Å²) in [4.78, 5) is 32.9. The predicted molar refractivity (Wildman–Crippen MR) is 151 cm³/mol. The monoisotopic (exact) mass is 534 g/mol. The molecule has 0 unspecified atom stereocenters. The molecule has 8 nitrogen and oxygen atoms in total. The second kappa shape index (κ2) is 10.7. The van der Waals surface area contributed by atoms with E-state index in [9.17, 15) is 14.9 Å². The number of rotatable bonds is 7. The second-order valence-electron chi connectivity index (χ2n) is 11.2. The molecule has 5 rings (SSSR count). The van der Waals surface area contributed by atoms with Gasteiger partial charge < -0.3 is 14.6 Å². The van der Waals surface area contributed by atoms with Crippen LogP contribution in [0, 0.1) is 21.4 Å². The Kier molecular flexibility index (Phi) is 7.38. The highest BCUT2D eigenvalue weighted by Gasteiger charge is 2.33. The first-order chi connectivity index (χ1) is 18.2. The van der Waals surface area contributed by atoms with E-state index in [1.54, 1.807) is 42.0 Å². The van der Waals surface area contributed by atoms with Gasteiger partial charge in [0.15, 0.2) is 0 Å². The third-order valence-corrected chi connectivity index (χ3v) is 8.85. The largest absolute Gasteiger partial charge is 0.467 e. The SMILES string of the molecule is CC(C)(C)[C@@H]1CCc2c(sc(N=Cc3cc([N+](=O)[O-])ccc3N3CCCC3)c2C(=O)NCc2ccco2)C1. The molecular weight excluding hydrogens is 500 g/mol. The number of carbonyl (C=O) groups excluding carboxylic acids is 1. The minimum atomic E-state index is -0.380. The topological polar surface area (TPSA) is 101 Å². The maximum absolute atomic E-state index is 13.5. The summed E-state index contributed by atoms with van der Waals surface area (Å²) in [7, 11) is 0. The summed E-state index contributed by atoms with van der Waals surface area (Å²) in [6.07, 6.45) is 8.27. The van der Waals surface area contributed by atoms with Gasteiger partial charge in [-0.2, -0.15) is 0 Å². The van der Waals surface area contributed by atoms with Crippen LogP contribution in [0.5, 0.6) is 0 Å². The zero-order chi connectivity index (χ0) is 26.9. The average Bonchev–Trinajstić information content (AvgIpc) is 3.66. The van der Waals surface area contributed by atoms with Crippen molar-refractivity contribution in [2.75, 3.05) is 18.0 Å². The van der Waals surface area contributed by atoms with E-state index in [1.807, 2.05) is 12.1 Å². The minimum Gasteiger partial charge on any atom is -0.467 e. The summed E-state index contributed by atoms with van der Waals surface area (Å²) in [5.74, 6) is 1.05. The lowest BCUT2D eigenvalue weighted by Gasteiger charge is -2.33. The zero-order valence-electron chi connectivity index (χ0n) is 22.2. The molecule has 2 aromatic heterocycles. The van der Waals surface area contributed by atoms with Crippen LogP contribution in [0.1, 0.15) is 72.2 Å². The van der Waals surface area contributed by atoms with Gasteiger partial charge in [0, 0.05) is 47.6 Å². The van der Waals surface area contributed by atoms with Crippen LogP contribution in [-0.2, 0) is 19.4 Å². The molecule has 3 heterocycles. The molecule has 200 valence electrons. The van der Waals surface area contributed by atoms with Gasteiger partial charge in [-0.05, 0) is 67.2 Å². The first-order valence-electron chi connectivity index (χ1n) is 13.2. The summed E-state index contributed by atoms with van der Waals surface area (Å²) in [6, 6.07) is 8.58. The Morgan fingerprint density at radius 2 is 2.08 bits per heavy atom. The summed E-state index contributed by atoms with van der Waals surface area (Å²) in [5.41, 5.74) is 3.55. The van der Waals surface area contributed by atoms with Crippen LogP contribution >= 0.6 is 11.3 Å². The van der Waals surface area contributed by atoms with Gasteiger partial charge in [0.2, 0.25) is 0 Å². The maximum atomic E-state index is 13.5. The Labute approximate surface area is 226 Å². The number of hydrogen-bond acceptors (Lipinski definition) is 7. The van der Waals surface area contributed by atoms with Crippen LogP contribution in [0.3, 0.4) is 0 Å². The smallest absolute Gasteiger partial charge is 0.270 e. The van der Waals surface area contributed by atoms with Crippen molar-refractivity contribution in [3.8, 4) is 0 Å². The number of benzene rings is 1. The summed E-state index contributed by atoms with van der Waals surface area (Å²) >= 11 is 1.57. The molecule has 0 spiro atoms. The molecule has 0 bridgehead atoms. The average molecular weight is 535 g/mol. The molecule has 3 aromatic rings. The van der Waals surface area contributed by atoms with Crippen LogP contribution < -0.4 is 10.2 Å². The summed E-state index contributed by atoms with van der Waals surface area (Å²) < 4.78 is 5.39. The molecule has 1 atom stereocenters. The molecule has 2 aliphatic rings. The lowest BCUT2D eigenvalue weighted by molar-refractivity contribution is -0.384. The first-order valence-corrected chi connectivity index (χ1v) is 14.0. The molecular formula is C29H34N4O4S. The Hall–Kier alpha value is -3.46. The van der Waals surface area contributed by atoms with E-state index in [4.69, 9.17) is 9.41 Å². The highest BCUT2D eigenvalue weighted by atomic mass is 32.1. The van der Waals surface area contributed by atoms with Crippen molar-refractivity contribution in [3.05, 3.63) is 74.0 Å². The number of fused-ring (bicyclic) bond motifs is 1. The van der Waals surface area contributed by atoms with Gasteiger partial charge in [0.05, 0.1) is 23.3 Å². The molecule has 1 fully saturated rings. The van der Waals surface area contributed by atoms with Crippen molar-refractivity contribution in [1.29, 1.82) is 0 Å². The fourth-order valence-electron chi connectivity index (χ4n) is 5.44. The van der Waals surface area contributed by atoms with Crippen molar-refractivity contribution in [3.63, 3.8) is 0 Å². The van der Waals surface area contributed by atoms with Gasteiger partial charge >= 0.3 is 0 Å². The number of nitro groups is 1. The molecule has 1 aromatic carbocycles. The third kappa shape index (κ3) is 5.53. The number of anilines is 1. The number of non-ortho nitro benzene ring substituents is 1. The van der Waals surface area contributed by atoms with E-state index >= 15 is 0 Å². The molecule has 1 saturated heterocycles. The van der Waals surface area contributed by atoms with E-state index in [0.29, 0.717) is 34.4 Å². The van der Waals surface area contributed by atoms with Crippen LogP contribution in [0.4, 0.5) is 16.4 Å². The van der Waals surface area contributed by atoms with E-state index in [0.717, 1.165) is 56.4 Å². The molecule has 9 heteroatoms. The number of aliphatic imine (C=N–C) groups is 1. The molecule has 1 N–H and O–H groups in total. The number of nitro benzene ring substituents is 1. The van der Waals surface area contributed by atoms with Gasteiger partial charge in [-0.1, -0.05) is 20.8 Å². The number of furan rings is 1. The lowest BCUT2D eigenvalue weighted by atomic mass is 9.72. The van der Waals surface area contributed by atoms with Crippen LogP contribution in [0.25, 0.3) is 0 Å². The van der Waals surface area contributed by atoms with Gasteiger partial charge in [-0.25, -0.2) is 4.99 Å². The second-order valence-corrected chi connectivity index (χ2v) is 12.3. The van der Waals surface area contributed by atoms with Crippen LogP contribution in [-0.4, -0.2) is 30.1 Å². The molecule has 1 amide bonds. The van der Waals surface area contributed by atoms with Gasteiger partial charge in [0.25, 0.3) is 11.6 Å². The minimum absolute atomic E-state index is 0.0318. The molecule has 38 heavy (non-hydrogen) atoms. The molecule has 1 aliphatic carbocycles. The Morgan fingerprint density at radius 3 is 2.76 bits per heavy atom. The fraction of sp³-hybridized carbons (Fsp3) is 0.448.